The standard InChI is InChI=1S/C48H90O13/c1-5-7-9-11-16-22-28-35(4)30-24-18-15-20-26-32-38(50)60-46-36(59-48(45(57)44(46)56)61-47-42(54)40(52)39(51)41(53)43(47)55)33-58-37(49)31-25-19-14-12-13-17-23-29-34(3)27-21-10-8-6-2/h34-36,39-48,51-57H,5-33H2,1-4H3. The van der Waals surface area contributed by atoms with Crippen LogP contribution in [-0.4, -0.2) is 122 Å². The van der Waals surface area contributed by atoms with Crippen molar-refractivity contribution in [3.05, 3.63) is 0 Å². The number of hydrogen-bond acceptors (Lipinski definition) is 13. The molecule has 11 unspecified atom stereocenters. The molecule has 2 fully saturated rings. The second kappa shape index (κ2) is 33.1. The molecule has 1 heterocycles. The predicted octanol–water partition coefficient (Wildman–Crippen LogP) is 7.33. The molecule has 2 aliphatic rings. The molecule has 1 aliphatic heterocycles. The third-order valence-electron chi connectivity index (χ3n) is 12.9. The Morgan fingerprint density at radius 2 is 0.820 bits per heavy atom. The van der Waals surface area contributed by atoms with E-state index >= 15 is 0 Å². The van der Waals surface area contributed by atoms with Crippen LogP contribution in [0.15, 0.2) is 0 Å². The van der Waals surface area contributed by atoms with Gasteiger partial charge in [-0.3, -0.25) is 9.59 Å². The van der Waals surface area contributed by atoms with Crippen LogP contribution in [0.1, 0.15) is 207 Å². The second-order valence-electron chi connectivity index (χ2n) is 18.7. The quantitative estimate of drug-likeness (QED) is 0.0246. The van der Waals surface area contributed by atoms with Gasteiger partial charge in [0, 0.05) is 12.8 Å². The normalized spacial score (nSPS) is 29.0. The van der Waals surface area contributed by atoms with Crippen LogP contribution >= 0.6 is 0 Å². The Bertz CT molecular complexity index is 1100. The van der Waals surface area contributed by atoms with Gasteiger partial charge in [0.2, 0.25) is 0 Å². The van der Waals surface area contributed by atoms with E-state index in [1.54, 1.807) is 0 Å². The molecule has 1 aliphatic carbocycles. The van der Waals surface area contributed by atoms with Crippen LogP contribution in [-0.2, 0) is 28.5 Å². The van der Waals surface area contributed by atoms with Crippen LogP contribution in [0.3, 0.4) is 0 Å². The van der Waals surface area contributed by atoms with Crippen LogP contribution < -0.4 is 0 Å². The predicted molar refractivity (Wildman–Crippen MR) is 235 cm³/mol. The zero-order valence-electron chi connectivity index (χ0n) is 38.6. The molecule has 1 saturated carbocycles. The molecule has 0 aromatic rings. The fourth-order valence-electron chi connectivity index (χ4n) is 8.69. The van der Waals surface area contributed by atoms with Crippen molar-refractivity contribution in [2.75, 3.05) is 6.61 Å². The highest BCUT2D eigenvalue weighted by Crippen LogP contribution is 2.31. The van der Waals surface area contributed by atoms with Gasteiger partial charge in [-0.05, 0) is 24.7 Å². The first-order valence-corrected chi connectivity index (χ1v) is 24.7. The van der Waals surface area contributed by atoms with Crippen LogP contribution in [0, 0.1) is 11.8 Å². The lowest BCUT2D eigenvalue weighted by atomic mass is 9.84. The maximum Gasteiger partial charge on any atom is 0.306 e. The monoisotopic (exact) mass is 875 g/mol. The molecule has 0 aromatic heterocycles. The number of ether oxygens (including phenoxy) is 4. The molecule has 13 heteroatoms. The highest BCUT2D eigenvalue weighted by molar-refractivity contribution is 5.70. The first-order valence-electron chi connectivity index (χ1n) is 24.7. The Labute approximate surface area is 368 Å². The Kier molecular flexibility index (Phi) is 30.2. The highest BCUT2D eigenvalue weighted by Gasteiger charge is 2.53. The fraction of sp³-hybridized carbons (Fsp3) is 0.958. The molecule has 11 atom stereocenters. The van der Waals surface area contributed by atoms with E-state index in [2.05, 4.69) is 27.7 Å². The van der Waals surface area contributed by atoms with Gasteiger partial charge in [0.05, 0.1) is 0 Å². The van der Waals surface area contributed by atoms with E-state index < -0.39 is 85.9 Å². The fourth-order valence-corrected chi connectivity index (χ4v) is 8.69. The number of hydrogen-bond donors (Lipinski definition) is 7. The summed E-state index contributed by atoms with van der Waals surface area (Å²) in [5, 5.41) is 73.6. The van der Waals surface area contributed by atoms with Gasteiger partial charge in [-0.15, -0.1) is 0 Å². The third kappa shape index (κ3) is 22.4. The lowest BCUT2D eigenvalue weighted by Crippen LogP contribution is -2.67. The number of aliphatic hydroxyl groups is 7. The molecule has 61 heavy (non-hydrogen) atoms. The van der Waals surface area contributed by atoms with E-state index in [1.165, 1.54) is 109 Å². The summed E-state index contributed by atoms with van der Waals surface area (Å²) in [7, 11) is 0. The summed E-state index contributed by atoms with van der Waals surface area (Å²) >= 11 is 0. The van der Waals surface area contributed by atoms with Gasteiger partial charge in [-0.2, -0.15) is 0 Å². The summed E-state index contributed by atoms with van der Waals surface area (Å²) in [6, 6.07) is 0. The first-order chi connectivity index (χ1) is 29.3. The van der Waals surface area contributed by atoms with E-state index in [9.17, 15) is 45.3 Å². The van der Waals surface area contributed by atoms with Crippen LogP contribution in [0.25, 0.3) is 0 Å². The largest absolute Gasteiger partial charge is 0.463 e. The maximum absolute atomic E-state index is 13.0. The number of carbonyl (C=O) groups is 2. The molecule has 7 N–H and O–H groups in total. The molecule has 0 spiro atoms. The summed E-state index contributed by atoms with van der Waals surface area (Å²) < 4.78 is 22.6. The van der Waals surface area contributed by atoms with Crippen molar-refractivity contribution in [3.8, 4) is 0 Å². The highest BCUT2D eigenvalue weighted by atomic mass is 16.7. The number of rotatable bonds is 35. The number of carbonyl (C=O) groups excluding carboxylic acids is 2. The van der Waals surface area contributed by atoms with Crippen molar-refractivity contribution in [1.82, 2.24) is 0 Å². The molecule has 0 bridgehead atoms. The summed E-state index contributed by atoms with van der Waals surface area (Å²) in [5.41, 5.74) is 0. The molecule has 360 valence electrons. The summed E-state index contributed by atoms with van der Waals surface area (Å²) in [6.07, 6.45) is 11.1. The second-order valence-corrected chi connectivity index (χ2v) is 18.7. The van der Waals surface area contributed by atoms with Gasteiger partial charge in [0.1, 0.15) is 61.5 Å². The van der Waals surface area contributed by atoms with E-state index in [1.807, 2.05) is 0 Å². The molecule has 1 saturated heterocycles. The van der Waals surface area contributed by atoms with Crippen molar-refractivity contribution in [3.63, 3.8) is 0 Å². The molecule has 0 aromatic carbocycles. The Balaban J connectivity index is 1.82. The maximum atomic E-state index is 13.0. The van der Waals surface area contributed by atoms with Crippen LogP contribution in [0.4, 0.5) is 0 Å². The van der Waals surface area contributed by atoms with Gasteiger partial charge in [-0.1, -0.05) is 182 Å². The minimum atomic E-state index is -1.89. The van der Waals surface area contributed by atoms with Gasteiger partial charge in [0.15, 0.2) is 12.4 Å². The molecular weight excluding hydrogens is 785 g/mol. The van der Waals surface area contributed by atoms with Gasteiger partial charge in [0.25, 0.3) is 0 Å². The molecule has 13 nitrogen and oxygen atoms in total. The number of esters is 2. The van der Waals surface area contributed by atoms with E-state index in [4.69, 9.17) is 18.9 Å². The zero-order valence-corrected chi connectivity index (χ0v) is 38.6. The minimum Gasteiger partial charge on any atom is -0.463 e. The molecule has 0 radical (unpaired) electrons. The van der Waals surface area contributed by atoms with E-state index in [-0.39, 0.29) is 12.8 Å². The molecule has 2 rings (SSSR count). The van der Waals surface area contributed by atoms with Crippen LogP contribution in [0.5, 0.6) is 0 Å². The minimum absolute atomic E-state index is 0.0804. The lowest BCUT2D eigenvalue weighted by Gasteiger charge is -2.46. The van der Waals surface area contributed by atoms with Crippen molar-refractivity contribution in [1.29, 1.82) is 0 Å². The topological polar surface area (TPSA) is 213 Å². The Morgan fingerprint density at radius 3 is 1.28 bits per heavy atom. The van der Waals surface area contributed by atoms with Crippen molar-refractivity contribution >= 4 is 11.9 Å². The number of unbranched alkanes of at least 4 members (excludes halogenated alkanes) is 18. The summed E-state index contributed by atoms with van der Waals surface area (Å²) in [4.78, 5) is 25.8. The summed E-state index contributed by atoms with van der Waals surface area (Å²) in [5.74, 6) is 0.387. The SMILES string of the molecule is CCCCCCCCC(C)CCCCCCCC(=O)OC1C(COC(=O)CCCCCCCCCC(C)CCCCCC)OC(OC2C(O)C(O)C(O)C(O)C2O)C(O)C1O. The van der Waals surface area contributed by atoms with E-state index in [0.29, 0.717) is 12.8 Å². The van der Waals surface area contributed by atoms with E-state index in [0.717, 1.165) is 56.8 Å². The third-order valence-corrected chi connectivity index (χ3v) is 12.9. The average Bonchev–Trinajstić information content (AvgIpc) is 3.24. The summed E-state index contributed by atoms with van der Waals surface area (Å²) in [6.45, 7) is 8.71. The van der Waals surface area contributed by atoms with Crippen molar-refractivity contribution in [2.45, 2.75) is 275 Å². The van der Waals surface area contributed by atoms with Crippen LogP contribution in [0.2, 0.25) is 0 Å². The first kappa shape index (κ1) is 55.7. The van der Waals surface area contributed by atoms with Gasteiger partial charge in [-0.25, -0.2) is 0 Å². The van der Waals surface area contributed by atoms with Crippen molar-refractivity contribution in [2.24, 2.45) is 11.8 Å². The Hall–Kier alpha value is -1.42. The number of aliphatic hydroxyl groups excluding tert-OH is 7. The lowest BCUT2D eigenvalue weighted by molar-refractivity contribution is -0.340. The van der Waals surface area contributed by atoms with Gasteiger partial charge < -0.3 is 54.7 Å². The molecule has 0 amide bonds. The zero-order chi connectivity index (χ0) is 45.0. The Morgan fingerprint density at radius 1 is 0.459 bits per heavy atom. The molecular formula is C48H90O13. The van der Waals surface area contributed by atoms with Gasteiger partial charge >= 0.3 is 11.9 Å². The van der Waals surface area contributed by atoms with Crippen molar-refractivity contribution < 1.29 is 64.3 Å². The smallest absolute Gasteiger partial charge is 0.306 e. The average molecular weight is 875 g/mol.